The molecule has 2 nitrogen and oxygen atoms in total. The lowest BCUT2D eigenvalue weighted by atomic mass is 10.1. The summed E-state index contributed by atoms with van der Waals surface area (Å²) in [6.07, 6.45) is -4.23. The molecule has 0 radical (unpaired) electrons. The molecule has 0 aromatic heterocycles. The van der Waals surface area contributed by atoms with Crippen molar-refractivity contribution in [2.45, 2.75) is 32.2 Å². The van der Waals surface area contributed by atoms with Gasteiger partial charge in [-0.25, -0.2) is 0 Å². The van der Waals surface area contributed by atoms with Crippen LogP contribution in [-0.2, 0) is 10.9 Å². The fourth-order valence-electron chi connectivity index (χ4n) is 2.27. The number of alkyl halides is 3. The second kappa shape index (κ2) is 4.80. The van der Waals surface area contributed by atoms with Crippen LogP contribution in [0.25, 0.3) is 0 Å². The van der Waals surface area contributed by atoms with Gasteiger partial charge in [0.1, 0.15) is 0 Å². The lowest BCUT2D eigenvalue weighted by Gasteiger charge is -2.37. The molecule has 5 heteroatoms. The first-order chi connectivity index (χ1) is 8.36. The Labute approximate surface area is 104 Å². The second-order valence-corrected chi connectivity index (χ2v) is 4.71. The van der Waals surface area contributed by atoms with Crippen LogP contribution in [0.4, 0.5) is 18.9 Å². The molecule has 2 atom stereocenters. The van der Waals surface area contributed by atoms with Crippen molar-refractivity contribution in [2.75, 3.05) is 18.0 Å². The van der Waals surface area contributed by atoms with E-state index in [0.717, 1.165) is 6.07 Å². The standard InChI is InChI=1S/C13H16F3NO/c1-9-7-17(8-10(2)18-9)12-5-3-4-11(6-12)13(14,15)16/h3-6,9-10H,7-8H2,1-2H3. The summed E-state index contributed by atoms with van der Waals surface area (Å²) >= 11 is 0. The Kier molecular flexibility index (Phi) is 3.52. The molecule has 1 aliphatic rings. The first kappa shape index (κ1) is 13.2. The highest BCUT2D eigenvalue weighted by atomic mass is 19.4. The van der Waals surface area contributed by atoms with Crippen molar-refractivity contribution in [3.05, 3.63) is 29.8 Å². The van der Waals surface area contributed by atoms with Gasteiger partial charge in [0.25, 0.3) is 0 Å². The maximum Gasteiger partial charge on any atom is 0.416 e. The summed E-state index contributed by atoms with van der Waals surface area (Å²) in [4.78, 5) is 1.94. The number of hydrogen-bond donors (Lipinski definition) is 0. The molecule has 0 N–H and O–H groups in total. The molecule has 1 aromatic carbocycles. The van der Waals surface area contributed by atoms with Crippen LogP contribution in [0.1, 0.15) is 19.4 Å². The van der Waals surface area contributed by atoms with E-state index in [1.165, 1.54) is 12.1 Å². The zero-order chi connectivity index (χ0) is 13.3. The minimum Gasteiger partial charge on any atom is -0.372 e. The van der Waals surface area contributed by atoms with Gasteiger partial charge in [-0.2, -0.15) is 13.2 Å². The Bertz CT molecular complexity index is 409. The summed E-state index contributed by atoms with van der Waals surface area (Å²) in [5.41, 5.74) is -0.00128. The van der Waals surface area contributed by atoms with E-state index in [1.807, 2.05) is 18.7 Å². The molecular formula is C13H16F3NO. The third-order valence-electron chi connectivity index (χ3n) is 2.96. The van der Waals surface area contributed by atoms with Gasteiger partial charge >= 0.3 is 6.18 Å². The monoisotopic (exact) mass is 259 g/mol. The Balaban J connectivity index is 2.23. The molecule has 0 amide bonds. The SMILES string of the molecule is CC1CN(c2cccc(C(F)(F)F)c2)CC(C)O1. The predicted molar refractivity (Wildman–Crippen MR) is 63.7 cm³/mol. The zero-order valence-corrected chi connectivity index (χ0v) is 10.4. The highest BCUT2D eigenvalue weighted by Gasteiger charge is 2.31. The van der Waals surface area contributed by atoms with E-state index in [1.54, 1.807) is 6.07 Å². The Morgan fingerprint density at radius 1 is 1.17 bits per heavy atom. The number of ether oxygens (including phenoxy) is 1. The van der Waals surface area contributed by atoms with E-state index in [2.05, 4.69) is 0 Å². The minimum atomic E-state index is -4.29. The largest absolute Gasteiger partial charge is 0.416 e. The predicted octanol–water partition coefficient (Wildman–Crippen LogP) is 3.32. The van der Waals surface area contributed by atoms with Crippen LogP contribution in [0, 0.1) is 0 Å². The molecule has 1 saturated heterocycles. The normalized spacial score (nSPS) is 25.3. The average Bonchev–Trinajstić information content (AvgIpc) is 2.27. The molecule has 100 valence electrons. The van der Waals surface area contributed by atoms with Gasteiger partial charge in [-0.05, 0) is 32.0 Å². The van der Waals surface area contributed by atoms with Crippen molar-refractivity contribution in [1.29, 1.82) is 0 Å². The van der Waals surface area contributed by atoms with Crippen LogP contribution in [-0.4, -0.2) is 25.3 Å². The molecule has 0 aliphatic carbocycles. The summed E-state index contributed by atoms with van der Waals surface area (Å²) < 4.78 is 43.5. The van der Waals surface area contributed by atoms with E-state index in [0.29, 0.717) is 18.8 Å². The van der Waals surface area contributed by atoms with E-state index in [-0.39, 0.29) is 12.2 Å². The lowest BCUT2D eigenvalue weighted by molar-refractivity contribution is -0.137. The number of halogens is 3. The first-order valence-electron chi connectivity index (χ1n) is 5.94. The molecule has 0 bridgehead atoms. The molecule has 1 aromatic rings. The Hall–Kier alpha value is -1.23. The number of hydrogen-bond acceptors (Lipinski definition) is 2. The maximum absolute atomic E-state index is 12.6. The molecule has 0 saturated carbocycles. The van der Waals surface area contributed by atoms with E-state index >= 15 is 0 Å². The topological polar surface area (TPSA) is 12.5 Å². The van der Waals surface area contributed by atoms with Gasteiger partial charge < -0.3 is 9.64 Å². The molecule has 1 fully saturated rings. The van der Waals surface area contributed by atoms with E-state index < -0.39 is 11.7 Å². The molecule has 2 unspecified atom stereocenters. The fourth-order valence-corrected chi connectivity index (χ4v) is 2.27. The van der Waals surface area contributed by atoms with Gasteiger partial charge in [0, 0.05) is 18.8 Å². The van der Waals surface area contributed by atoms with Crippen molar-refractivity contribution in [3.8, 4) is 0 Å². The first-order valence-corrected chi connectivity index (χ1v) is 5.94. The Morgan fingerprint density at radius 3 is 2.33 bits per heavy atom. The van der Waals surface area contributed by atoms with Crippen molar-refractivity contribution in [3.63, 3.8) is 0 Å². The highest BCUT2D eigenvalue weighted by molar-refractivity contribution is 5.49. The van der Waals surface area contributed by atoms with Crippen LogP contribution < -0.4 is 4.90 Å². The number of anilines is 1. The zero-order valence-electron chi connectivity index (χ0n) is 10.4. The van der Waals surface area contributed by atoms with Crippen LogP contribution in [0.3, 0.4) is 0 Å². The van der Waals surface area contributed by atoms with Gasteiger partial charge in [-0.1, -0.05) is 6.07 Å². The molecular weight excluding hydrogens is 243 g/mol. The van der Waals surface area contributed by atoms with Crippen molar-refractivity contribution < 1.29 is 17.9 Å². The minimum absolute atomic E-state index is 0.0308. The molecule has 0 spiro atoms. The van der Waals surface area contributed by atoms with Gasteiger partial charge in [-0.3, -0.25) is 0 Å². The number of rotatable bonds is 1. The summed E-state index contributed by atoms with van der Waals surface area (Å²) in [7, 11) is 0. The third kappa shape index (κ3) is 2.96. The quantitative estimate of drug-likeness (QED) is 0.767. The summed E-state index contributed by atoms with van der Waals surface area (Å²) in [6.45, 7) is 5.09. The van der Waals surface area contributed by atoms with Gasteiger partial charge in [0.05, 0.1) is 17.8 Å². The van der Waals surface area contributed by atoms with Crippen molar-refractivity contribution in [1.82, 2.24) is 0 Å². The number of morpholine rings is 1. The second-order valence-electron chi connectivity index (χ2n) is 4.71. The highest BCUT2D eigenvalue weighted by Crippen LogP contribution is 2.32. The Morgan fingerprint density at radius 2 is 1.78 bits per heavy atom. The fraction of sp³-hybridized carbons (Fsp3) is 0.538. The van der Waals surface area contributed by atoms with Gasteiger partial charge in [0.2, 0.25) is 0 Å². The van der Waals surface area contributed by atoms with Crippen molar-refractivity contribution >= 4 is 5.69 Å². The smallest absolute Gasteiger partial charge is 0.372 e. The van der Waals surface area contributed by atoms with Crippen LogP contribution in [0.5, 0.6) is 0 Å². The van der Waals surface area contributed by atoms with Gasteiger partial charge in [-0.15, -0.1) is 0 Å². The summed E-state index contributed by atoms with van der Waals surface area (Å²) in [5, 5.41) is 0. The van der Waals surface area contributed by atoms with E-state index in [9.17, 15) is 13.2 Å². The van der Waals surface area contributed by atoms with Crippen LogP contribution >= 0.6 is 0 Å². The van der Waals surface area contributed by atoms with Crippen LogP contribution in [0.2, 0.25) is 0 Å². The molecule has 2 rings (SSSR count). The molecule has 1 heterocycles. The molecule has 18 heavy (non-hydrogen) atoms. The van der Waals surface area contributed by atoms with E-state index in [4.69, 9.17) is 4.74 Å². The third-order valence-corrected chi connectivity index (χ3v) is 2.96. The maximum atomic E-state index is 12.6. The van der Waals surface area contributed by atoms with Crippen LogP contribution in [0.15, 0.2) is 24.3 Å². The van der Waals surface area contributed by atoms with Gasteiger partial charge in [0.15, 0.2) is 0 Å². The van der Waals surface area contributed by atoms with Crippen molar-refractivity contribution in [2.24, 2.45) is 0 Å². The summed E-state index contributed by atoms with van der Waals surface area (Å²) in [5.74, 6) is 0. The number of benzene rings is 1. The average molecular weight is 259 g/mol. The summed E-state index contributed by atoms with van der Waals surface area (Å²) in [6, 6.07) is 5.45. The molecule has 1 aliphatic heterocycles. The lowest BCUT2D eigenvalue weighted by Crippen LogP contribution is -2.45. The number of nitrogens with zero attached hydrogens (tertiary/aromatic N) is 1.